The lowest BCUT2D eigenvalue weighted by atomic mass is 9.78. The highest BCUT2D eigenvalue weighted by Crippen LogP contribution is 2.36. The first-order valence-electron chi connectivity index (χ1n) is 10.1. The van der Waals surface area contributed by atoms with Gasteiger partial charge in [-0.1, -0.05) is 24.3 Å². The number of amides is 1. The summed E-state index contributed by atoms with van der Waals surface area (Å²) in [4.78, 5) is 11.9. The highest BCUT2D eigenvalue weighted by molar-refractivity contribution is 6.62. The van der Waals surface area contributed by atoms with Crippen LogP contribution in [0.15, 0.2) is 24.3 Å². The van der Waals surface area contributed by atoms with Gasteiger partial charge in [0.2, 0.25) is 0 Å². The normalized spacial score (nSPS) is 18.2. The van der Waals surface area contributed by atoms with Gasteiger partial charge in [-0.2, -0.15) is 4.79 Å². The minimum absolute atomic E-state index is 0.326. The van der Waals surface area contributed by atoms with Crippen molar-refractivity contribution >= 4 is 25.4 Å². The van der Waals surface area contributed by atoms with E-state index < -0.39 is 5.60 Å². The van der Waals surface area contributed by atoms with Crippen LogP contribution in [-0.4, -0.2) is 47.9 Å². The largest absolute Gasteiger partial charge is 0.596 e. The van der Waals surface area contributed by atoms with Crippen molar-refractivity contribution in [1.82, 2.24) is 0 Å². The number of ether oxygens (including phenoxy) is 1. The van der Waals surface area contributed by atoms with Gasteiger partial charge < -0.3 is 14.0 Å². The van der Waals surface area contributed by atoms with Gasteiger partial charge in [-0.05, 0) is 72.3 Å². The van der Waals surface area contributed by atoms with Crippen molar-refractivity contribution in [2.24, 2.45) is 0 Å². The van der Waals surface area contributed by atoms with Crippen molar-refractivity contribution in [3.05, 3.63) is 29.8 Å². The third-order valence-electron chi connectivity index (χ3n) is 5.30. The van der Waals surface area contributed by atoms with Gasteiger partial charge in [0.15, 0.2) is 6.54 Å². The minimum Gasteiger partial charge on any atom is -0.406 e. The van der Waals surface area contributed by atoms with Crippen molar-refractivity contribution in [3.8, 4) is 0 Å². The van der Waals surface area contributed by atoms with Gasteiger partial charge in [-0.15, -0.1) is 4.58 Å². The molecule has 0 spiro atoms. The molecule has 0 aromatic heterocycles. The zero-order valence-corrected chi connectivity index (χ0v) is 18.5. The smallest absolute Gasteiger partial charge is 0.406 e. The Morgan fingerprint density at radius 1 is 1.07 bits per heavy atom. The molecule has 0 saturated carbocycles. The number of hydrogen-bond acceptors (Lipinski definition) is 4. The van der Waals surface area contributed by atoms with Gasteiger partial charge >= 0.3 is 13.2 Å². The summed E-state index contributed by atoms with van der Waals surface area (Å²) in [6, 6.07) is 8.39. The van der Waals surface area contributed by atoms with E-state index >= 15 is 0 Å². The monoisotopic (exact) mass is 388 g/mol. The number of aryl methyl sites for hydroxylation is 1. The van der Waals surface area contributed by atoms with Gasteiger partial charge in [-0.3, -0.25) is 0 Å². The Morgan fingerprint density at radius 3 is 2.11 bits per heavy atom. The first-order chi connectivity index (χ1) is 12.8. The molecule has 0 bridgehead atoms. The summed E-state index contributed by atoms with van der Waals surface area (Å²) < 4.78 is 18.9. The summed E-state index contributed by atoms with van der Waals surface area (Å²) in [6.45, 7) is 18.2. The molecule has 28 heavy (non-hydrogen) atoms. The molecule has 0 atom stereocenters. The van der Waals surface area contributed by atoms with Crippen molar-refractivity contribution in [1.29, 1.82) is 0 Å². The predicted molar refractivity (Wildman–Crippen MR) is 114 cm³/mol. The van der Waals surface area contributed by atoms with Crippen molar-refractivity contribution < 1.29 is 23.4 Å². The maximum Gasteiger partial charge on any atom is 0.596 e. The molecule has 0 unspecified atom stereocenters. The number of unbranched alkanes of at least 4 members (excludes halogenated alkanes) is 1. The second kappa shape index (κ2) is 8.38. The molecular formula is C22H35BNO4+. The molecule has 1 fully saturated rings. The number of nitrogens with zero attached hydrogens (tertiary/aromatic N) is 1. The zero-order valence-electron chi connectivity index (χ0n) is 18.5. The van der Waals surface area contributed by atoms with E-state index in [9.17, 15) is 4.79 Å². The molecule has 1 aliphatic heterocycles. The summed E-state index contributed by atoms with van der Waals surface area (Å²) in [6.07, 6.45) is 2.43. The number of carbonyl (C=O) groups is 1. The molecule has 6 heteroatoms. The van der Waals surface area contributed by atoms with E-state index in [0.717, 1.165) is 24.7 Å². The number of carbonyl (C=O) groups excluding carboxylic acids is 1. The second-order valence-corrected chi connectivity index (χ2v) is 9.53. The third-order valence-corrected chi connectivity index (χ3v) is 5.30. The van der Waals surface area contributed by atoms with Crippen LogP contribution in [-0.2, 0) is 20.5 Å². The van der Waals surface area contributed by atoms with Crippen molar-refractivity contribution in [2.45, 2.75) is 84.5 Å². The number of hydrogen-bond donors (Lipinski definition) is 0. The molecule has 1 saturated heterocycles. The molecule has 0 radical (unpaired) electrons. The van der Waals surface area contributed by atoms with E-state index in [1.54, 1.807) is 0 Å². The van der Waals surface area contributed by atoms with Crippen LogP contribution >= 0.6 is 0 Å². The molecule has 1 amide bonds. The second-order valence-electron chi connectivity index (χ2n) is 9.53. The van der Waals surface area contributed by atoms with Crippen LogP contribution in [0.2, 0.25) is 0 Å². The molecule has 5 nitrogen and oxygen atoms in total. The fraction of sp³-hybridized carbons (Fsp3) is 0.636. The van der Waals surface area contributed by atoms with Gasteiger partial charge in [0.05, 0.1) is 11.2 Å². The molecular weight excluding hydrogens is 353 g/mol. The van der Waals surface area contributed by atoms with E-state index in [1.165, 1.54) is 10.1 Å². The molecule has 1 aromatic carbocycles. The third kappa shape index (κ3) is 5.92. The summed E-state index contributed by atoms with van der Waals surface area (Å²) >= 11 is 0. The highest BCUT2D eigenvalue weighted by atomic mass is 16.7. The first kappa shape index (κ1) is 22.6. The van der Waals surface area contributed by atoms with Gasteiger partial charge in [0.1, 0.15) is 12.3 Å². The zero-order chi connectivity index (χ0) is 21.2. The summed E-state index contributed by atoms with van der Waals surface area (Å²) in [5, 5.41) is 0. The Morgan fingerprint density at radius 2 is 1.61 bits per heavy atom. The highest BCUT2D eigenvalue weighted by Gasteiger charge is 2.51. The Kier molecular flexibility index (Phi) is 6.77. The fourth-order valence-corrected chi connectivity index (χ4v) is 2.87. The van der Waals surface area contributed by atoms with Crippen LogP contribution in [0.4, 0.5) is 4.79 Å². The van der Waals surface area contributed by atoms with E-state index in [-0.39, 0.29) is 24.4 Å². The lowest BCUT2D eigenvalue weighted by Crippen LogP contribution is -2.41. The minimum atomic E-state index is -0.494. The first-order valence-corrected chi connectivity index (χ1v) is 10.1. The average Bonchev–Trinajstić information content (AvgIpc) is 2.78. The Bertz CT molecular complexity index is 688. The quantitative estimate of drug-likeness (QED) is 0.320. The predicted octanol–water partition coefficient (Wildman–Crippen LogP) is 3.96. The number of rotatable bonds is 6. The van der Waals surface area contributed by atoms with Crippen LogP contribution < -0.4 is 5.46 Å². The van der Waals surface area contributed by atoms with Gasteiger partial charge in [0, 0.05) is 6.42 Å². The molecule has 1 heterocycles. The summed E-state index contributed by atoms with van der Waals surface area (Å²) in [5.74, 6) is 0. The van der Waals surface area contributed by atoms with E-state index in [4.69, 9.17) is 14.0 Å². The molecule has 0 aliphatic carbocycles. The lowest BCUT2D eigenvalue weighted by molar-refractivity contribution is -0.443. The summed E-state index contributed by atoms with van der Waals surface area (Å²) in [7, 11) is -0.326. The average molecular weight is 388 g/mol. The standard InChI is InChI=1S/C22H35BNO4/c1-20(2,3)26-19(25)24(8)16-10-9-11-17-12-14-18(15-13-17)23-27-21(4,5)22(6,7)28-23/h12-15H,8-11,16H2,1-7H3/q+1. The van der Waals surface area contributed by atoms with Crippen molar-refractivity contribution in [2.75, 3.05) is 6.54 Å². The summed E-state index contributed by atoms with van der Waals surface area (Å²) in [5.41, 5.74) is 1.14. The maximum atomic E-state index is 11.9. The topological polar surface area (TPSA) is 47.8 Å². The Hall–Kier alpha value is -1.66. The number of benzene rings is 1. The maximum absolute atomic E-state index is 11.9. The molecule has 1 aliphatic rings. The molecule has 154 valence electrons. The lowest BCUT2D eigenvalue weighted by Gasteiger charge is -2.32. The Labute approximate surface area is 170 Å². The molecule has 0 N–H and O–H groups in total. The van der Waals surface area contributed by atoms with Crippen LogP contribution in [0.5, 0.6) is 0 Å². The fourth-order valence-electron chi connectivity index (χ4n) is 2.87. The van der Waals surface area contributed by atoms with Gasteiger partial charge in [-0.25, -0.2) is 0 Å². The van der Waals surface area contributed by atoms with E-state index in [2.05, 4.69) is 58.7 Å². The van der Waals surface area contributed by atoms with Crippen LogP contribution in [0.25, 0.3) is 0 Å². The van der Waals surface area contributed by atoms with Crippen LogP contribution in [0, 0.1) is 0 Å². The van der Waals surface area contributed by atoms with Crippen molar-refractivity contribution in [3.63, 3.8) is 0 Å². The van der Waals surface area contributed by atoms with Crippen LogP contribution in [0.3, 0.4) is 0 Å². The van der Waals surface area contributed by atoms with E-state index in [0.29, 0.717) is 6.54 Å². The molecule has 1 aromatic rings. The SMILES string of the molecule is C=[N+](CCCCc1ccc(B2OC(C)(C)C(C)(C)O2)cc1)C(=O)OC(C)(C)C. The molecule has 2 rings (SSSR count). The van der Waals surface area contributed by atoms with Gasteiger partial charge in [0.25, 0.3) is 0 Å². The van der Waals surface area contributed by atoms with E-state index in [1.807, 2.05) is 20.8 Å². The van der Waals surface area contributed by atoms with Crippen LogP contribution in [0.1, 0.15) is 66.9 Å². The Balaban J connectivity index is 1.78.